The fourth-order valence-electron chi connectivity index (χ4n) is 8.76. The van der Waals surface area contributed by atoms with Crippen molar-refractivity contribution in [1.82, 2.24) is 34.9 Å². The maximum absolute atomic E-state index is 17.0. The summed E-state index contributed by atoms with van der Waals surface area (Å²) < 4.78 is 37.9. The lowest BCUT2D eigenvalue weighted by Gasteiger charge is -2.53. The number of alkyl halides is 1. The first kappa shape index (κ1) is 28.6. The number of pyridine rings is 1. The van der Waals surface area contributed by atoms with E-state index in [2.05, 4.69) is 25.0 Å². The van der Waals surface area contributed by atoms with Crippen molar-refractivity contribution < 1.29 is 18.3 Å². The summed E-state index contributed by atoms with van der Waals surface area (Å²) in [6.07, 6.45) is 7.99. The van der Waals surface area contributed by atoms with Crippen molar-refractivity contribution in [3.63, 3.8) is 0 Å². The zero-order chi connectivity index (χ0) is 31.2. The number of hydrogen-bond donors (Lipinski definition) is 1. The van der Waals surface area contributed by atoms with Gasteiger partial charge < -0.3 is 14.5 Å². The normalized spacial score (nSPS) is 27.9. The summed E-state index contributed by atoms with van der Waals surface area (Å²) in [4.78, 5) is 33.9. The van der Waals surface area contributed by atoms with Gasteiger partial charge in [-0.1, -0.05) is 11.6 Å². The zero-order valence-electron chi connectivity index (χ0n) is 25.4. The smallest absolute Gasteiger partial charge is 0.319 e. The van der Waals surface area contributed by atoms with E-state index in [1.807, 2.05) is 11.0 Å². The molecule has 0 aliphatic carbocycles. The van der Waals surface area contributed by atoms with Gasteiger partial charge in [-0.2, -0.15) is 15.1 Å². The minimum absolute atomic E-state index is 0.0617. The number of ether oxygens (including phenoxy) is 1. The largest absolute Gasteiger partial charge is 0.461 e. The number of carbonyl (C=O) groups is 1. The molecule has 10 rings (SSSR count). The van der Waals surface area contributed by atoms with Crippen molar-refractivity contribution in [1.29, 1.82) is 0 Å². The number of rotatable bonds is 3. The summed E-state index contributed by atoms with van der Waals surface area (Å²) in [6, 6.07) is 1.95. The van der Waals surface area contributed by atoms with E-state index < -0.39 is 17.5 Å². The summed E-state index contributed by atoms with van der Waals surface area (Å²) in [5, 5.41) is 8.85. The Bertz CT molecular complexity index is 1890. The number of amides is 1. The molecule has 6 aliphatic rings. The van der Waals surface area contributed by atoms with Gasteiger partial charge in [-0.05, 0) is 56.7 Å². The molecule has 6 bridgehead atoms. The molecule has 0 radical (unpaired) electrons. The monoisotopic (exact) mass is 648 g/mol. The summed E-state index contributed by atoms with van der Waals surface area (Å²) in [7, 11) is 0. The highest BCUT2D eigenvalue weighted by molar-refractivity contribution is 6.33. The predicted molar refractivity (Wildman–Crippen MR) is 169 cm³/mol. The third kappa shape index (κ3) is 4.39. The highest BCUT2D eigenvalue weighted by Crippen LogP contribution is 2.43. The summed E-state index contributed by atoms with van der Waals surface area (Å²) in [6.45, 7) is 3.57. The van der Waals surface area contributed by atoms with Gasteiger partial charge in [0.25, 0.3) is 0 Å². The summed E-state index contributed by atoms with van der Waals surface area (Å²) in [5.41, 5.74) is 1.85. The maximum atomic E-state index is 17.0. The molecule has 3 aromatic heterocycles. The topological polar surface area (TPSA) is 103 Å². The van der Waals surface area contributed by atoms with Crippen LogP contribution in [0.2, 0.25) is 5.02 Å². The minimum atomic E-state index is -0.893. The van der Waals surface area contributed by atoms with E-state index in [4.69, 9.17) is 26.3 Å². The second kappa shape index (κ2) is 10.7. The molecular weight excluding hydrogens is 614 g/mol. The number of carbonyl (C=O) groups excluding carboxylic acids is 1. The van der Waals surface area contributed by atoms with Crippen LogP contribution in [0.1, 0.15) is 50.5 Å². The highest BCUT2D eigenvalue weighted by Gasteiger charge is 2.50. The average molecular weight is 649 g/mol. The number of nitrogens with one attached hydrogen (secondary N) is 1. The van der Waals surface area contributed by atoms with Gasteiger partial charge in [0, 0.05) is 67.1 Å². The predicted octanol–water partition coefficient (Wildman–Crippen LogP) is 5.08. The Morgan fingerprint density at radius 1 is 1.09 bits per heavy atom. The maximum Gasteiger partial charge on any atom is 0.319 e. The van der Waals surface area contributed by atoms with Gasteiger partial charge in [-0.3, -0.25) is 19.8 Å². The van der Waals surface area contributed by atoms with Crippen molar-refractivity contribution in [2.45, 2.75) is 69.1 Å². The Labute approximate surface area is 269 Å². The van der Waals surface area contributed by atoms with Crippen LogP contribution in [0.15, 0.2) is 18.5 Å². The Kier molecular flexibility index (Phi) is 6.64. The zero-order valence-corrected chi connectivity index (χ0v) is 26.2. The number of aromatic nitrogens is 5. The lowest BCUT2D eigenvalue weighted by Crippen LogP contribution is -2.65. The number of H-pyrrole nitrogens is 1. The van der Waals surface area contributed by atoms with E-state index in [1.54, 1.807) is 12.4 Å². The molecule has 46 heavy (non-hydrogen) atoms. The van der Waals surface area contributed by atoms with Crippen LogP contribution in [0.5, 0.6) is 6.01 Å². The Hall–Kier alpha value is -3.64. The molecule has 1 N–H and O–H groups in total. The number of aromatic amines is 1. The van der Waals surface area contributed by atoms with E-state index in [0.29, 0.717) is 90.3 Å². The third-order valence-corrected chi connectivity index (χ3v) is 11.5. The van der Waals surface area contributed by atoms with Crippen LogP contribution in [0.4, 0.5) is 14.6 Å². The van der Waals surface area contributed by atoms with Crippen LogP contribution in [0.25, 0.3) is 33.1 Å². The van der Waals surface area contributed by atoms with Gasteiger partial charge in [0.2, 0.25) is 5.91 Å². The first-order valence-corrected chi connectivity index (χ1v) is 16.8. The summed E-state index contributed by atoms with van der Waals surface area (Å²) in [5.74, 6) is 0.571. The van der Waals surface area contributed by atoms with Crippen LogP contribution in [-0.4, -0.2) is 97.9 Å². The lowest BCUT2D eigenvalue weighted by molar-refractivity contribution is -0.144. The number of piperidine rings is 1. The quantitative estimate of drug-likeness (QED) is 0.328. The summed E-state index contributed by atoms with van der Waals surface area (Å²) >= 11 is 6.83. The van der Waals surface area contributed by atoms with Crippen molar-refractivity contribution >= 4 is 45.1 Å². The van der Waals surface area contributed by atoms with E-state index in [9.17, 15) is 9.18 Å². The average Bonchev–Trinajstić information content (AvgIpc) is 3.73. The van der Waals surface area contributed by atoms with E-state index in [0.717, 1.165) is 37.9 Å². The molecule has 240 valence electrons. The van der Waals surface area contributed by atoms with Crippen LogP contribution in [0, 0.1) is 11.7 Å². The van der Waals surface area contributed by atoms with Crippen LogP contribution < -0.4 is 9.64 Å². The number of halogens is 3. The first-order chi connectivity index (χ1) is 22.4. The Balaban J connectivity index is 1.21. The number of anilines is 1. The molecule has 4 fully saturated rings. The molecule has 4 saturated heterocycles. The van der Waals surface area contributed by atoms with Gasteiger partial charge in [-0.25, -0.2) is 8.78 Å². The molecule has 0 unspecified atom stereocenters. The SMILES string of the molecule is O=C1CCCCc2c(Cl)cc3[nH]ncc3c2-c2ncc3c(nc(OC[C@@]45CCCN4C[C@H](F)C5)nc3c2F)N2CC[C@H]3CN1[C@H]3C2. The highest BCUT2D eigenvalue weighted by atomic mass is 35.5. The Morgan fingerprint density at radius 3 is 2.89 bits per heavy atom. The minimum Gasteiger partial charge on any atom is -0.461 e. The van der Waals surface area contributed by atoms with E-state index in [1.165, 1.54) is 0 Å². The molecule has 6 aliphatic heterocycles. The molecule has 10 nitrogen and oxygen atoms in total. The molecule has 0 saturated carbocycles. The van der Waals surface area contributed by atoms with Crippen molar-refractivity contribution in [3.05, 3.63) is 34.9 Å². The molecule has 13 heteroatoms. The number of fused-ring (bicyclic) bond motifs is 7. The fraction of sp³-hybridized carbons (Fsp3) is 0.545. The van der Waals surface area contributed by atoms with Crippen LogP contribution >= 0.6 is 11.6 Å². The second-order valence-electron chi connectivity index (χ2n) is 13.7. The molecule has 4 atom stereocenters. The van der Waals surface area contributed by atoms with Crippen LogP contribution in [-0.2, 0) is 11.2 Å². The van der Waals surface area contributed by atoms with E-state index in [-0.39, 0.29) is 35.8 Å². The van der Waals surface area contributed by atoms with Crippen LogP contribution in [0.3, 0.4) is 0 Å². The van der Waals surface area contributed by atoms with Crippen molar-refractivity contribution in [3.8, 4) is 17.3 Å². The number of benzene rings is 1. The third-order valence-electron chi connectivity index (χ3n) is 11.2. The van der Waals surface area contributed by atoms with Gasteiger partial charge in [0.15, 0.2) is 5.82 Å². The molecule has 9 heterocycles. The molecule has 4 aromatic rings. The molecule has 0 spiro atoms. The second-order valence-corrected chi connectivity index (χ2v) is 14.1. The molecule has 1 amide bonds. The van der Waals surface area contributed by atoms with Gasteiger partial charge in [0.05, 0.1) is 28.7 Å². The van der Waals surface area contributed by atoms with Crippen molar-refractivity contribution in [2.24, 2.45) is 5.92 Å². The van der Waals surface area contributed by atoms with E-state index >= 15 is 4.39 Å². The standard InChI is InChI=1S/C33H35ClF2N8O2/c34-23-10-24-21(13-38-41-24)27-20(23)4-1-2-5-26(45)44-14-18-6-9-42(16-25(18)44)31-22-12-37-30(27)28(36)29(22)39-32(40-31)46-17-33-7-3-8-43(33)15-19(35)11-33/h10,12-13,18-19,25H,1-9,11,14-17H2,(H,38,41)/t18-,19+,25-,33-/m0/s1. The molecule has 1 aromatic carbocycles. The first-order valence-electron chi connectivity index (χ1n) is 16.5. The van der Waals surface area contributed by atoms with Crippen molar-refractivity contribution in [2.75, 3.05) is 44.2 Å². The number of nitrogens with zero attached hydrogens (tertiary/aromatic N) is 7. The molecular formula is C33H35ClF2N8O2. The fourth-order valence-corrected chi connectivity index (χ4v) is 9.06. The lowest BCUT2D eigenvalue weighted by atomic mass is 9.81. The van der Waals surface area contributed by atoms with Gasteiger partial charge in [0.1, 0.15) is 29.8 Å². The number of hydrogen-bond acceptors (Lipinski definition) is 8. The van der Waals surface area contributed by atoms with Gasteiger partial charge in [-0.15, -0.1) is 0 Å². The van der Waals surface area contributed by atoms with Gasteiger partial charge >= 0.3 is 6.01 Å². The Morgan fingerprint density at radius 2 is 1.98 bits per heavy atom.